The van der Waals surface area contributed by atoms with Crippen LogP contribution in [0.5, 0.6) is 0 Å². The van der Waals surface area contributed by atoms with Crippen molar-refractivity contribution in [3.8, 4) is 0 Å². The first-order valence-electron chi connectivity index (χ1n) is 9.11. The van der Waals surface area contributed by atoms with Crippen LogP contribution < -0.4 is 0 Å². The maximum Gasteiger partial charge on any atom is 0.510 e. The summed E-state index contributed by atoms with van der Waals surface area (Å²) >= 11 is 0. The smallest absolute Gasteiger partial charge is 0.481 e. The van der Waals surface area contributed by atoms with Gasteiger partial charge >= 0.3 is 25.9 Å². The monoisotopic (exact) mass is 456 g/mol. The number of hydrogen-bond donors (Lipinski definition) is 1. The second kappa shape index (κ2) is 13.9. The zero-order valence-corrected chi connectivity index (χ0v) is 18.5. The second-order valence-electron chi connectivity index (χ2n) is 6.69. The molecule has 30 heavy (non-hydrogen) atoms. The van der Waals surface area contributed by atoms with Gasteiger partial charge in [0.15, 0.2) is 0 Å². The molecular weight excluding hydrogens is 427 g/mol. The minimum atomic E-state index is -4.23. The Balaban J connectivity index is 5.04. The molecule has 1 atom stereocenters. The Morgan fingerprint density at radius 3 is 1.63 bits per heavy atom. The lowest BCUT2D eigenvalue weighted by atomic mass is 10.0. The second-order valence-corrected chi connectivity index (χ2v) is 8.79. The van der Waals surface area contributed by atoms with Crippen LogP contribution in [0.1, 0.15) is 47.5 Å². The maximum atomic E-state index is 12.9. The summed E-state index contributed by atoms with van der Waals surface area (Å²) in [5.41, 5.74) is 0. The van der Waals surface area contributed by atoms with Gasteiger partial charge in [0.2, 0.25) is 13.6 Å². The number of carbonyl (C=O) groups is 4. The molecule has 1 N–H and O–H groups in total. The van der Waals surface area contributed by atoms with Crippen molar-refractivity contribution in [3.05, 3.63) is 0 Å². The minimum Gasteiger partial charge on any atom is -0.481 e. The molecule has 0 saturated carbocycles. The van der Waals surface area contributed by atoms with Gasteiger partial charge in [0.05, 0.1) is 24.3 Å². The normalized spacial score (nSPS) is 12.4. The number of ether oxygens (including phenoxy) is 4. The fraction of sp³-hybridized carbons (Fsp3) is 0.765. The predicted octanol–water partition coefficient (Wildman–Crippen LogP) is 3.32. The van der Waals surface area contributed by atoms with Gasteiger partial charge in [-0.05, 0) is 41.0 Å². The molecule has 0 saturated heterocycles. The van der Waals surface area contributed by atoms with Crippen molar-refractivity contribution in [1.82, 2.24) is 0 Å². The van der Waals surface area contributed by atoms with Gasteiger partial charge in [0, 0.05) is 6.42 Å². The Bertz CT molecular complexity index is 598. The van der Waals surface area contributed by atoms with Crippen molar-refractivity contribution in [2.24, 2.45) is 5.92 Å². The summed E-state index contributed by atoms with van der Waals surface area (Å²) in [6.07, 6.45) is -3.97. The lowest BCUT2D eigenvalue weighted by molar-refractivity contribution is -0.141. The number of carbonyl (C=O) groups excluding carboxylic acids is 3. The summed E-state index contributed by atoms with van der Waals surface area (Å²) in [6, 6.07) is 0. The molecule has 0 bridgehead atoms. The molecule has 12 nitrogen and oxygen atoms in total. The first kappa shape index (κ1) is 27.8. The van der Waals surface area contributed by atoms with Crippen molar-refractivity contribution in [2.45, 2.75) is 59.7 Å². The van der Waals surface area contributed by atoms with E-state index in [-0.39, 0.29) is 18.6 Å². The Morgan fingerprint density at radius 2 is 1.30 bits per heavy atom. The highest BCUT2D eigenvalue weighted by Crippen LogP contribution is 2.50. The number of rotatable bonds is 14. The summed E-state index contributed by atoms with van der Waals surface area (Å²) in [5.74, 6) is -2.84. The van der Waals surface area contributed by atoms with E-state index in [4.69, 9.17) is 18.5 Å². The predicted molar refractivity (Wildman–Crippen MR) is 101 cm³/mol. The third-order valence-corrected chi connectivity index (χ3v) is 5.04. The highest BCUT2D eigenvalue weighted by atomic mass is 31.2. The number of carboxylic acid groups (broad SMARTS) is 1. The van der Waals surface area contributed by atoms with Gasteiger partial charge in [-0.25, -0.2) is 9.59 Å². The van der Waals surface area contributed by atoms with Gasteiger partial charge in [-0.2, -0.15) is 0 Å². The van der Waals surface area contributed by atoms with Crippen molar-refractivity contribution < 1.29 is 56.8 Å². The Kier molecular flexibility index (Phi) is 12.9. The summed E-state index contributed by atoms with van der Waals surface area (Å²) in [7, 11) is -4.23. The summed E-state index contributed by atoms with van der Waals surface area (Å²) < 4.78 is 41.5. The van der Waals surface area contributed by atoms with Crippen LogP contribution in [0.25, 0.3) is 0 Å². The molecule has 0 fully saturated rings. The van der Waals surface area contributed by atoms with E-state index < -0.39 is 63.7 Å². The van der Waals surface area contributed by atoms with Crippen LogP contribution in [0.15, 0.2) is 0 Å². The van der Waals surface area contributed by atoms with Crippen LogP contribution in [0, 0.1) is 5.92 Å². The molecule has 0 amide bonds. The van der Waals surface area contributed by atoms with Crippen molar-refractivity contribution >= 4 is 31.7 Å². The van der Waals surface area contributed by atoms with Crippen LogP contribution in [-0.2, 0) is 42.1 Å². The zero-order chi connectivity index (χ0) is 23.3. The molecular formula is C17H29O12P. The van der Waals surface area contributed by atoms with Crippen LogP contribution in [-0.4, -0.2) is 61.1 Å². The summed E-state index contributed by atoms with van der Waals surface area (Å²) in [4.78, 5) is 45.3. The van der Waals surface area contributed by atoms with Gasteiger partial charge in [-0.15, -0.1) is 0 Å². The van der Waals surface area contributed by atoms with E-state index in [1.165, 1.54) is 6.92 Å². The number of ketones is 1. The van der Waals surface area contributed by atoms with E-state index in [1.54, 1.807) is 27.7 Å². The van der Waals surface area contributed by atoms with Crippen molar-refractivity contribution in [1.29, 1.82) is 0 Å². The molecule has 0 rings (SSSR count). The highest BCUT2D eigenvalue weighted by Gasteiger charge is 2.34. The lowest BCUT2D eigenvalue weighted by Gasteiger charge is -2.21. The van der Waals surface area contributed by atoms with E-state index in [0.717, 1.165) is 0 Å². The van der Waals surface area contributed by atoms with E-state index in [9.17, 15) is 28.8 Å². The molecule has 0 aromatic carbocycles. The summed E-state index contributed by atoms with van der Waals surface area (Å²) in [6.45, 7) is 5.88. The standard InChI is InChI=1S/C17H29O12P/c1-11(2)28-16(21)24-9-26-30(23,27-10-25-17(22)29-12(3)4)8-14(15(19)20)7-6-13(5)18/h11-12,14H,6-10H2,1-5H3,(H,19,20). The molecule has 0 aliphatic carbocycles. The van der Waals surface area contributed by atoms with Crippen molar-refractivity contribution in [3.63, 3.8) is 0 Å². The molecule has 174 valence electrons. The Labute approximate surface area is 174 Å². The molecule has 13 heteroatoms. The van der Waals surface area contributed by atoms with Crippen LogP contribution >= 0.6 is 7.60 Å². The Hall–Kier alpha value is -2.17. The number of hydrogen-bond acceptors (Lipinski definition) is 11. The maximum absolute atomic E-state index is 12.9. The van der Waals surface area contributed by atoms with Crippen LogP contribution in [0.4, 0.5) is 9.59 Å². The average molecular weight is 456 g/mol. The van der Waals surface area contributed by atoms with Gasteiger partial charge < -0.3 is 28.8 Å². The first-order valence-corrected chi connectivity index (χ1v) is 10.8. The fourth-order valence-corrected chi connectivity index (χ4v) is 3.44. The third-order valence-electron chi connectivity index (χ3n) is 3.15. The van der Waals surface area contributed by atoms with E-state index >= 15 is 0 Å². The quantitative estimate of drug-likeness (QED) is 0.231. The fourth-order valence-electron chi connectivity index (χ4n) is 1.85. The largest absolute Gasteiger partial charge is 0.510 e. The van der Waals surface area contributed by atoms with Crippen molar-refractivity contribution in [2.75, 3.05) is 19.7 Å². The SMILES string of the molecule is CC(=O)CCC(CP(=O)(OCOC(=O)OC(C)C)OCOC(=O)OC(C)C)C(=O)O. The highest BCUT2D eigenvalue weighted by molar-refractivity contribution is 7.53. The summed E-state index contributed by atoms with van der Waals surface area (Å²) in [5, 5.41) is 9.32. The van der Waals surface area contributed by atoms with Gasteiger partial charge in [-0.1, -0.05) is 0 Å². The van der Waals surface area contributed by atoms with E-state index in [2.05, 4.69) is 9.47 Å². The van der Waals surface area contributed by atoms with Crippen LogP contribution in [0.2, 0.25) is 0 Å². The number of carboxylic acids is 1. The lowest BCUT2D eigenvalue weighted by Crippen LogP contribution is -2.22. The van der Waals surface area contributed by atoms with Crippen LogP contribution in [0.3, 0.4) is 0 Å². The molecule has 0 radical (unpaired) electrons. The van der Waals surface area contributed by atoms with Gasteiger partial charge in [0.25, 0.3) is 0 Å². The number of aliphatic carboxylic acids is 1. The third kappa shape index (κ3) is 13.9. The van der Waals surface area contributed by atoms with E-state index in [1.807, 2.05) is 0 Å². The van der Waals surface area contributed by atoms with E-state index in [0.29, 0.717) is 0 Å². The zero-order valence-electron chi connectivity index (χ0n) is 17.7. The first-order chi connectivity index (χ1) is 13.8. The molecule has 0 aromatic heterocycles. The average Bonchev–Trinajstić information content (AvgIpc) is 2.56. The molecule has 1 unspecified atom stereocenters. The minimum absolute atomic E-state index is 0.0641. The molecule has 0 aliphatic heterocycles. The molecule has 0 aliphatic rings. The van der Waals surface area contributed by atoms with Gasteiger partial charge in [-0.3, -0.25) is 18.4 Å². The molecule has 0 heterocycles. The Morgan fingerprint density at radius 1 is 0.867 bits per heavy atom. The van der Waals surface area contributed by atoms with Gasteiger partial charge in [0.1, 0.15) is 5.78 Å². The number of Topliss-reactive ketones (excluding diaryl/α,β-unsaturated/α-hetero) is 1. The topological polar surface area (TPSA) is 161 Å². The molecule has 0 aromatic rings. The molecule has 0 spiro atoms.